The zero-order valence-corrected chi connectivity index (χ0v) is 19.9. The fraction of sp³-hybridized carbons (Fsp3) is 0.318. The van der Waals surface area contributed by atoms with Crippen LogP contribution in [-0.2, 0) is 24.2 Å². The van der Waals surface area contributed by atoms with Crippen molar-refractivity contribution in [2.75, 3.05) is 18.5 Å². The van der Waals surface area contributed by atoms with Gasteiger partial charge in [0, 0.05) is 24.1 Å². The standard InChI is InChI=1S/C22H20N4O7S2/c27-21(24-22-23-18-8-3-14(26(28)29)11-19(18)34-22)20(25-33-15-9-10-32-12-15)13-1-4-16(5-2-13)35(30,31)17-6-7-17/h1-5,8,11,15,17H,6-7,9-10,12H2,(H,23,24,27)/b25-20+/t15-/m1/s1. The maximum absolute atomic E-state index is 13.2. The summed E-state index contributed by atoms with van der Waals surface area (Å²) in [6.45, 7) is 0.890. The Morgan fingerprint density at radius 1 is 1.20 bits per heavy atom. The van der Waals surface area contributed by atoms with Crippen LogP contribution < -0.4 is 5.32 Å². The molecule has 1 aliphatic carbocycles. The highest BCUT2D eigenvalue weighted by atomic mass is 32.2. The molecule has 182 valence electrons. The third-order valence-corrected chi connectivity index (χ3v) is 8.83. The van der Waals surface area contributed by atoms with Crippen molar-refractivity contribution in [1.82, 2.24) is 4.98 Å². The molecule has 13 heteroatoms. The zero-order chi connectivity index (χ0) is 24.6. The molecule has 5 rings (SSSR count). The number of nitrogens with one attached hydrogen (secondary N) is 1. The molecule has 2 fully saturated rings. The van der Waals surface area contributed by atoms with E-state index in [1.54, 1.807) is 0 Å². The van der Waals surface area contributed by atoms with Crippen LogP contribution in [0.5, 0.6) is 0 Å². The molecule has 0 bridgehead atoms. The van der Waals surface area contributed by atoms with E-state index < -0.39 is 20.7 Å². The third-order valence-electron chi connectivity index (χ3n) is 5.62. The molecule has 2 aliphatic rings. The summed E-state index contributed by atoms with van der Waals surface area (Å²) in [5.74, 6) is -0.615. The topological polar surface area (TPSA) is 150 Å². The molecule has 1 amide bonds. The lowest BCUT2D eigenvalue weighted by atomic mass is 10.1. The van der Waals surface area contributed by atoms with Gasteiger partial charge in [-0.05, 0) is 31.0 Å². The quantitative estimate of drug-likeness (QED) is 0.272. The van der Waals surface area contributed by atoms with Gasteiger partial charge in [-0.1, -0.05) is 28.6 Å². The Morgan fingerprint density at radius 2 is 1.97 bits per heavy atom. The van der Waals surface area contributed by atoms with Gasteiger partial charge in [-0.25, -0.2) is 13.4 Å². The molecule has 1 aromatic heterocycles. The van der Waals surface area contributed by atoms with E-state index >= 15 is 0 Å². The molecule has 1 aliphatic heterocycles. The van der Waals surface area contributed by atoms with E-state index in [0.29, 0.717) is 48.3 Å². The molecule has 0 unspecified atom stereocenters. The predicted octanol–water partition coefficient (Wildman–Crippen LogP) is 3.29. The van der Waals surface area contributed by atoms with Crippen LogP contribution in [0.3, 0.4) is 0 Å². The number of carbonyl (C=O) groups excluding carboxylic acids is 1. The van der Waals surface area contributed by atoms with Gasteiger partial charge in [-0.3, -0.25) is 20.2 Å². The maximum atomic E-state index is 13.2. The van der Waals surface area contributed by atoms with E-state index in [2.05, 4.69) is 15.5 Å². The highest BCUT2D eigenvalue weighted by molar-refractivity contribution is 7.92. The number of aromatic nitrogens is 1. The van der Waals surface area contributed by atoms with Gasteiger partial charge >= 0.3 is 0 Å². The summed E-state index contributed by atoms with van der Waals surface area (Å²) in [6.07, 6.45) is 1.65. The Hall–Kier alpha value is -3.42. The van der Waals surface area contributed by atoms with Crippen LogP contribution in [0, 0.1) is 10.1 Å². The van der Waals surface area contributed by atoms with Crippen molar-refractivity contribution in [2.24, 2.45) is 5.16 Å². The number of non-ortho nitro benzene ring substituents is 1. The van der Waals surface area contributed by atoms with Crippen LogP contribution >= 0.6 is 11.3 Å². The molecule has 2 heterocycles. The van der Waals surface area contributed by atoms with Crippen LogP contribution in [0.15, 0.2) is 52.5 Å². The van der Waals surface area contributed by atoms with Gasteiger partial charge < -0.3 is 9.57 Å². The largest absolute Gasteiger partial charge is 0.389 e. The molecular weight excluding hydrogens is 496 g/mol. The van der Waals surface area contributed by atoms with Crippen molar-refractivity contribution < 1.29 is 27.7 Å². The Labute approximate surface area is 203 Å². The molecule has 3 aromatic rings. The molecule has 11 nitrogen and oxygen atoms in total. The van der Waals surface area contributed by atoms with Crippen LogP contribution in [0.4, 0.5) is 10.8 Å². The summed E-state index contributed by atoms with van der Waals surface area (Å²) < 4.78 is 30.8. The number of fused-ring (bicyclic) bond motifs is 1. The Kier molecular flexibility index (Phi) is 6.21. The number of benzene rings is 2. The molecule has 1 saturated carbocycles. The number of anilines is 1. The number of thiazole rings is 1. The van der Waals surface area contributed by atoms with Gasteiger partial charge in [0.15, 0.2) is 26.8 Å². The highest BCUT2D eigenvalue weighted by Gasteiger charge is 2.36. The third kappa shape index (κ3) is 5.01. The first-order valence-corrected chi connectivity index (χ1v) is 13.2. The number of nitrogens with zero attached hydrogens (tertiary/aromatic N) is 3. The monoisotopic (exact) mass is 516 g/mol. The SMILES string of the molecule is O=C(Nc1nc2ccc([N+](=O)[O-])cc2s1)/C(=N/O[C@@H]1CCOC1)c1ccc(S(=O)(=O)C2CC2)cc1. The van der Waals surface area contributed by atoms with E-state index in [0.717, 1.165) is 11.3 Å². The average molecular weight is 517 g/mol. The van der Waals surface area contributed by atoms with E-state index in [-0.39, 0.29) is 32.8 Å². The molecule has 1 N–H and O–H groups in total. The van der Waals surface area contributed by atoms with Gasteiger partial charge in [0.25, 0.3) is 11.6 Å². The minimum Gasteiger partial charge on any atom is -0.389 e. The number of rotatable bonds is 8. The van der Waals surface area contributed by atoms with Gasteiger partial charge in [-0.15, -0.1) is 0 Å². The molecule has 2 aromatic carbocycles. The summed E-state index contributed by atoms with van der Waals surface area (Å²) in [5.41, 5.74) is 0.739. The second kappa shape index (κ2) is 9.32. The molecule has 1 atom stereocenters. The second-order valence-electron chi connectivity index (χ2n) is 8.18. The molecule has 1 saturated heterocycles. The molecule has 35 heavy (non-hydrogen) atoms. The second-order valence-corrected chi connectivity index (χ2v) is 11.4. The van der Waals surface area contributed by atoms with Crippen LogP contribution in [0.1, 0.15) is 24.8 Å². The average Bonchev–Trinajstić information content (AvgIpc) is 3.44. The van der Waals surface area contributed by atoms with E-state index in [1.165, 1.54) is 42.5 Å². The van der Waals surface area contributed by atoms with Crippen molar-refractivity contribution in [2.45, 2.75) is 35.5 Å². The number of ether oxygens (including phenoxy) is 1. The molecule has 0 spiro atoms. The van der Waals surface area contributed by atoms with Gasteiger partial charge in [0.2, 0.25) is 0 Å². The van der Waals surface area contributed by atoms with Gasteiger partial charge in [0.1, 0.15) is 0 Å². The number of hydrogen-bond donors (Lipinski definition) is 1. The van der Waals surface area contributed by atoms with Crippen molar-refractivity contribution in [3.63, 3.8) is 0 Å². The number of oxime groups is 1. The lowest BCUT2D eigenvalue weighted by Gasteiger charge is -2.10. The van der Waals surface area contributed by atoms with Crippen molar-refractivity contribution in [1.29, 1.82) is 0 Å². The first-order chi connectivity index (χ1) is 16.8. The van der Waals surface area contributed by atoms with E-state index in [9.17, 15) is 23.3 Å². The molecular formula is C22H20N4O7S2. The number of nitro benzene ring substituents is 1. The summed E-state index contributed by atoms with van der Waals surface area (Å²) in [4.78, 5) is 33.7. The normalized spacial score (nSPS) is 18.5. The van der Waals surface area contributed by atoms with E-state index in [4.69, 9.17) is 9.57 Å². The van der Waals surface area contributed by atoms with Gasteiger partial charge in [0.05, 0.1) is 38.5 Å². The number of hydrogen-bond acceptors (Lipinski definition) is 10. The van der Waals surface area contributed by atoms with E-state index in [1.807, 2.05) is 0 Å². The van der Waals surface area contributed by atoms with Gasteiger partial charge in [-0.2, -0.15) is 0 Å². The summed E-state index contributed by atoms with van der Waals surface area (Å²) in [7, 11) is -3.37. The Morgan fingerprint density at radius 3 is 2.63 bits per heavy atom. The minimum atomic E-state index is -3.37. The lowest BCUT2D eigenvalue weighted by Crippen LogP contribution is -2.25. The van der Waals surface area contributed by atoms with Crippen molar-refractivity contribution in [3.8, 4) is 0 Å². The number of carbonyl (C=O) groups is 1. The smallest absolute Gasteiger partial charge is 0.280 e. The lowest BCUT2D eigenvalue weighted by molar-refractivity contribution is -0.384. The fourth-order valence-electron chi connectivity index (χ4n) is 3.56. The minimum absolute atomic E-state index is 0.0579. The van der Waals surface area contributed by atoms with Crippen molar-refractivity contribution >= 4 is 53.8 Å². The van der Waals surface area contributed by atoms with Crippen molar-refractivity contribution in [3.05, 3.63) is 58.1 Å². The Bertz CT molecular complexity index is 1420. The summed E-state index contributed by atoms with van der Waals surface area (Å²) in [5, 5.41) is 17.6. The summed E-state index contributed by atoms with van der Waals surface area (Å²) in [6, 6.07) is 10.2. The predicted molar refractivity (Wildman–Crippen MR) is 128 cm³/mol. The first-order valence-electron chi connectivity index (χ1n) is 10.8. The van der Waals surface area contributed by atoms with Crippen LogP contribution in [0.25, 0.3) is 10.2 Å². The number of nitro groups is 1. The summed E-state index contributed by atoms with van der Waals surface area (Å²) >= 11 is 1.09. The fourth-order valence-corrected chi connectivity index (χ4v) is 6.11. The maximum Gasteiger partial charge on any atom is 0.280 e. The first kappa shape index (κ1) is 23.3. The number of amides is 1. The van der Waals surface area contributed by atoms with Crippen LogP contribution in [0.2, 0.25) is 0 Å². The number of sulfone groups is 1. The molecule has 0 radical (unpaired) electrons. The highest BCUT2D eigenvalue weighted by Crippen LogP contribution is 2.33. The zero-order valence-electron chi connectivity index (χ0n) is 18.2. The van der Waals surface area contributed by atoms with Crippen LogP contribution in [-0.4, -0.2) is 54.5 Å². The Balaban J connectivity index is 1.41.